The summed E-state index contributed by atoms with van der Waals surface area (Å²) in [6.45, 7) is 2.92. The van der Waals surface area contributed by atoms with E-state index in [-0.39, 0.29) is 12.5 Å². The van der Waals surface area contributed by atoms with E-state index in [1.54, 1.807) is 0 Å². The van der Waals surface area contributed by atoms with Crippen molar-refractivity contribution >= 4 is 5.91 Å². The van der Waals surface area contributed by atoms with Gasteiger partial charge in [-0.2, -0.15) is 0 Å². The molecule has 14 nitrogen and oxygen atoms in total. The van der Waals surface area contributed by atoms with E-state index in [0.717, 1.165) is 64.2 Å². The van der Waals surface area contributed by atoms with Crippen LogP contribution in [0, 0.1) is 0 Å². The maximum atomic E-state index is 13.4. The smallest absolute Gasteiger partial charge is 0.220 e. The van der Waals surface area contributed by atoms with Crippen molar-refractivity contribution in [3.8, 4) is 0 Å². The highest BCUT2D eigenvalue weighted by Gasteiger charge is 2.51. The highest BCUT2D eigenvalue weighted by molar-refractivity contribution is 5.76. The molecule has 2 rings (SSSR count). The molecule has 12 unspecified atom stereocenters. The molecule has 12 atom stereocenters. The van der Waals surface area contributed by atoms with Gasteiger partial charge < -0.3 is 65.1 Å². The Bertz CT molecular complexity index is 1800. The number of allylic oxidation sites excluding steroid dienone is 6. The molecule has 0 spiro atoms. The number of hydrogen-bond acceptors (Lipinski definition) is 13. The molecule has 0 saturated carbocycles. The Kier molecular flexibility index (Phi) is 65.3. The summed E-state index contributed by atoms with van der Waals surface area (Å²) in [7, 11) is 0. The first-order chi connectivity index (χ1) is 48.6. The highest BCUT2D eigenvalue weighted by atomic mass is 16.7. The van der Waals surface area contributed by atoms with Crippen LogP contribution in [-0.2, 0) is 23.7 Å². The quantitative estimate of drug-likeness (QED) is 0.0204. The van der Waals surface area contributed by atoms with E-state index < -0.39 is 86.8 Å². The Balaban J connectivity index is 1.57. The van der Waals surface area contributed by atoms with Crippen LogP contribution in [0.1, 0.15) is 406 Å². The molecule has 0 aromatic heterocycles. The SMILES string of the molecule is CCCCCCC/C=C\C/C=C\C/C=C\CCCCCCCCCCCCCCCCCCCCCCCCC(=O)NC(COC1OC(CO)C(OC2OC(CO)C(O)C(O)C2O)C(O)C1O)C(O)CCCCCCCCCCCCCCCCCCCCCCCCCCCCCC. The molecule has 0 radical (unpaired) electrons. The van der Waals surface area contributed by atoms with Crippen LogP contribution in [0.15, 0.2) is 36.5 Å². The van der Waals surface area contributed by atoms with Crippen LogP contribution in [0.25, 0.3) is 0 Å². The van der Waals surface area contributed by atoms with Crippen molar-refractivity contribution in [1.29, 1.82) is 0 Å². The standard InChI is InChI=1S/C85H161NO13/c1-3-5-7-9-11-13-15-17-19-21-23-25-27-29-31-33-34-35-36-37-38-39-40-41-43-45-47-49-51-53-55-57-59-61-63-65-67-69-77(90)86-73(72-96-84-82(95)80(93)83(76(71-88)98-84)99-85-81(94)79(92)78(91)75(70-87)97-85)74(89)68-66-64-62-60-58-56-54-52-50-48-46-44-42-32-30-28-26-24-22-20-18-16-14-12-10-8-6-4-2/h15,17,21,23,27,29,73-76,78-85,87-89,91-95H,3-14,16,18-20,22,24-26,28,30-72H2,1-2H3,(H,86,90)/b17-15-,23-21-,29-27-. The molecule has 9 N–H and O–H groups in total. The van der Waals surface area contributed by atoms with Crippen LogP contribution in [0.3, 0.4) is 0 Å². The molecule has 0 bridgehead atoms. The molecule has 2 heterocycles. The van der Waals surface area contributed by atoms with Gasteiger partial charge in [-0.25, -0.2) is 0 Å². The molecular weight excluding hydrogens is 1240 g/mol. The van der Waals surface area contributed by atoms with Crippen molar-refractivity contribution in [1.82, 2.24) is 5.32 Å². The van der Waals surface area contributed by atoms with Gasteiger partial charge in [0.1, 0.15) is 48.8 Å². The maximum absolute atomic E-state index is 13.4. The van der Waals surface area contributed by atoms with Crippen LogP contribution in [0.2, 0.25) is 0 Å². The van der Waals surface area contributed by atoms with Gasteiger partial charge in [-0.3, -0.25) is 4.79 Å². The van der Waals surface area contributed by atoms with E-state index in [4.69, 9.17) is 18.9 Å². The van der Waals surface area contributed by atoms with Gasteiger partial charge in [0.05, 0.1) is 32.0 Å². The molecule has 584 valence electrons. The predicted molar refractivity (Wildman–Crippen MR) is 411 cm³/mol. The van der Waals surface area contributed by atoms with Gasteiger partial charge in [0.15, 0.2) is 12.6 Å². The number of carbonyl (C=O) groups excluding carboxylic acids is 1. The van der Waals surface area contributed by atoms with Crippen LogP contribution in [0.5, 0.6) is 0 Å². The first-order valence-electron chi connectivity index (χ1n) is 42.7. The number of carbonyl (C=O) groups is 1. The number of aliphatic hydroxyl groups is 8. The Morgan fingerprint density at radius 1 is 0.364 bits per heavy atom. The first kappa shape index (κ1) is 93.3. The molecule has 2 saturated heterocycles. The molecule has 0 aliphatic carbocycles. The monoisotopic (exact) mass is 1400 g/mol. The van der Waals surface area contributed by atoms with Gasteiger partial charge in [-0.05, 0) is 51.4 Å². The van der Waals surface area contributed by atoms with Gasteiger partial charge in [-0.15, -0.1) is 0 Å². The Morgan fingerprint density at radius 3 is 1.02 bits per heavy atom. The van der Waals surface area contributed by atoms with Gasteiger partial charge >= 0.3 is 0 Å². The van der Waals surface area contributed by atoms with Gasteiger partial charge in [0, 0.05) is 6.42 Å². The molecule has 0 aromatic carbocycles. The summed E-state index contributed by atoms with van der Waals surface area (Å²) >= 11 is 0. The number of aliphatic hydroxyl groups excluding tert-OH is 8. The molecule has 14 heteroatoms. The summed E-state index contributed by atoms with van der Waals surface area (Å²) in [6.07, 6.45) is 74.9. The van der Waals surface area contributed by atoms with Crippen LogP contribution < -0.4 is 5.32 Å². The number of unbranched alkanes of at least 4 members (excludes halogenated alkanes) is 54. The minimum Gasteiger partial charge on any atom is -0.394 e. The Hall–Kier alpha value is -1.79. The summed E-state index contributed by atoms with van der Waals surface area (Å²) < 4.78 is 23.0. The van der Waals surface area contributed by atoms with E-state index in [2.05, 4.69) is 55.6 Å². The van der Waals surface area contributed by atoms with E-state index in [1.807, 2.05) is 0 Å². The minimum atomic E-state index is -1.78. The molecular formula is C85H161NO13. The summed E-state index contributed by atoms with van der Waals surface area (Å²) in [5, 5.41) is 88.0. The van der Waals surface area contributed by atoms with Gasteiger partial charge in [0.2, 0.25) is 5.91 Å². The van der Waals surface area contributed by atoms with Gasteiger partial charge in [0.25, 0.3) is 0 Å². The Morgan fingerprint density at radius 2 is 0.667 bits per heavy atom. The lowest BCUT2D eigenvalue weighted by molar-refractivity contribution is -0.359. The van der Waals surface area contributed by atoms with Crippen molar-refractivity contribution < 1.29 is 64.6 Å². The number of ether oxygens (including phenoxy) is 4. The fraction of sp³-hybridized carbons (Fsp3) is 0.918. The third-order valence-electron chi connectivity index (χ3n) is 21.1. The van der Waals surface area contributed by atoms with Crippen LogP contribution in [-0.4, -0.2) is 140 Å². The normalized spacial score (nSPS) is 22.0. The fourth-order valence-corrected chi connectivity index (χ4v) is 14.4. The third-order valence-corrected chi connectivity index (χ3v) is 21.1. The van der Waals surface area contributed by atoms with E-state index >= 15 is 0 Å². The molecule has 2 aliphatic rings. The minimum absolute atomic E-state index is 0.197. The second-order valence-electron chi connectivity index (χ2n) is 30.3. The first-order valence-corrected chi connectivity index (χ1v) is 42.7. The van der Waals surface area contributed by atoms with E-state index in [1.165, 1.54) is 315 Å². The maximum Gasteiger partial charge on any atom is 0.220 e. The zero-order valence-electron chi connectivity index (χ0n) is 64.3. The summed E-state index contributed by atoms with van der Waals surface area (Å²) in [5.41, 5.74) is 0. The second-order valence-corrected chi connectivity index (χ2v) is 30.3. The second kappa shape index (κ2) is 69.3. The van der Waals surface area contributed by atoms with Crippen LogP contribution in [0.4, 0.5) is 0 Å². The van der Waals surface area contributed by atoms with E-state index in [9.17, 15) is 45.6 Å². The molecule has 99 heavy (non-hydrogen) atoms. The number of nitrogens with one attached hydrogen (secondary N) is 1. The zero-order chi connectivity index (χ0) is 71.5. The number of rotatable bonds is 73. The summed E-state index contributed by atoms with van der Waals surface area (Å²) in [4.78, 5) is 13.4. The summed E-state index contributed by atoms with van der Waals surface area (Å²) in [6, 6.07) is -0.829. The number of hydrogen-bond donors (Lipinski definition) is 9. The Labute approximate surface area is 608 Å². The molecule has 2 fully saturated rings. The molecule has 2 aliphatic heterocycles. The average molecular weight is 1410 g/mol. The molecule has 1 amide bonds. The largest absolute Gasteiger partial charge is 0.394 e. The van der Waals surface area contributed by atoms with Crippen molar-refractivity contribution in [3.05, 3.63) is 36.5 Å². The lowest BCUT2D eigenvalue weighted by Gasteiger charge is -2.46. The highest BCUT2D eigenvalue weighted by Crippen LogP contribution is 2.31. The van der Waals surface area contributed by atoms with Crippen molar-refractivity contribution in [2.45, 2.75) is 479 Å². The lowest BCUT2D eigenvalue weighted by Crippen LogP contribution is -2.65. The predicted octanol–water partition coefficient (Wildman–Crippen LogP) is 20.0. The zero-order valence-corrected chi connectivity index (χ0v) is 64.3. The summed E-state index contributed by atoms with van der Waals surface area (Å²) in [5.74, 6) is -0.197. The fourth-order valence-electron chi connectivity index (χ4n) is 14.4. The van der Waals surface area contributed by atoms with Crippen LogP contribution >= 0.6 is 0 Å². The van der Waals surface area contributed by atoms with Crippen molar-refractivity contribution in [3.63, 3.8) is 0 Å². The van der Waals surface area contributed by atoms with E-state index in [0.29, 0.717) is 12.8 Å². The molecule has 0 aromatic rings. The van der Waals surface area contributed by atoms with Crippen molar-refractivity contribution in [2.24, 2.45) is 0 Å². The van der Waals surface area contributed by atoms with Gasteiger partial charge in [-0.1, -0.05) is 384 Å². The van der Waals surface area contributed by atoms with Crippen molar-refractivity contribution in [2.75, 3.05) is 19.8 Å². The average Bonchev–Trinajstić information content (AvgIpc) is 0.793. The third kappa shape index (κ3) is 51.9. The number of amides is 1. The topological polar surface area (TPSA) is 228 Å². The lowest BCUT2D eigenvalue weighted by atomic mass is 9.97.